The number of hydrogen-bond donors (Lipinski definition) is 1. The first-order valence-corrected chi connectivity index (χ1v) is 19.2. The first kappa shape index (κ1) is 31.6. The van der Waals surface area contributed by atoms with Gasteiger partial charge in [0.1, 0.15) is 28.2 Å². The Kier molecular flexibility index (Phi) is 6.89. The average Bonchev–Trinajstić information content (AvgIpc) is 3.96. The van der Waals surface area contributed by atoms with Gasteiger partial charge in [0, 0.05) is 60.8 Å². The van der Waals surface area contributed by atoms with Gasteiger partial charge in [-0.05, 0) is 47.5 Å². The lowest BCUT2D eigenvalue weighted by atomic mass is 10.0. The number of fused-ring (bicyclic) bond motifs is 9. The van der Waals surface area contributed by atoms with E-state index >= 15 is 0 Å². The molecule has 0 fully saturated rings. The van der Waals surface area contributed by atoms with Crippen molar-refractivity contribution in [1.82, 2.24) is 9.88 Å². The molecule has 0 aliphatic carbocycles. The Balaban J connectivity index is 1.04. The molecule has 268 valence electrons. The lowest BCUT2D eigenvalue weighted by molar-refractivity contribution is 0.628. The van der Waals surface area contributed by atoms with Crippen molar-refractivity contribution in [2.24, 2.45) is 9.98 Å². The summed E-state index contributed by atoms with van der Waals surface area (Å²) in [6.07, 6.45) is -0.451. The van der Waals surface area contributed by atoms with Crippen LogP contribution >= 0.6 is 0 Å². The van der Waals surface area contributed by atoms with Crippen LogP contribution in [0.15, 0.2) is 201 Å². The quantitative estimate of drug-likeness (QED) is 0.192. The molecule has 8 aromatic carbocycles. The maximum absolute atomic E-state index is 6.71. The summed E-state index contributed by atoms with van der Waals surface area (Å²) >= 11 is 0. The molecule has 0 bridgehead atoms. The van der Waals surface area contributed by atoms with Gasteiger partial charge >= 0.3 is 0 Å². The minimum Gasteiger partial charge on any atom is -0.456 e. The van der Waals surface area contributed by atoms with Crippen LogP contribution in [0.25, 0.3) is 82.5 Å². The Morgan fingerprint density at radius 2 is 1.18 bits per heavy atom. The van der Waals surface area contributed by atoms with E-state index in [1.54, 1.807) is 0 Å². The average molecular weight is 733 g/mol. The Labute approximate surface area is 326 Å². The Morgan fingerprint density at radius 3 is 2.05 bits per heavy atom. The number of para-hydroxylation sites is 3. The number of nitrogens with one attached hydrogen (secondary N) is 1. The number of benzene rings is 8. The zero-order valence-electron chi connectivity index (χ0n) is 30.6. The molecule has 1 atom stereocenters. The summed E-state index contributed by atoms with van der Waals surface area (Å²) < 4.78 is 15.5. The van der Waals surface area contributed by atoms with Gasteiger partial charge in [0.25, 0.3) is 0 Å². The molecule has 0 spiro atoms. The zero-order chi connectivity index (χ0) is 37.5. The van der Waals surface area contributed by atoms with Crippen LogP contribution in [0.3, 0.4) is 0 Å². The summed E-state index contributed by atoms with van der Waals surface area (Å²) in [7, 11) is 0. The molecule has 1 N–H and O–H groups in total. The van der Waals surface area contributed by atoms with Crippen LogP contribution in [0.4, 0.5) is 0 Å². The second kappa shape index (κ2) is 12.4. The second-order valence-electron chi connectivity index (χ2n) is 14.6. The number of rotatable bonds is 5. The normalized spacial score (nSPS) is 14.5. The predicted octanol–water partition coefficient (Wildman–Crippen LogP) is 12.7. The van der Waals surface area contributed by atoms with Crippen molar-refractivity contribution in [3.63, 3.8) is 0 Å². The second-order valence-corrected chi connectivity index (χ2v) is 14.6. The van der Waals surface area contributed by atoms with E-state index in [1.165, 1.54) is 21.9 Å². The molecule has 6 heteroatoms. The van der Waals surface area contributed by atoms with E-state index in [2.05, 4.69) is 143 Å². The summed E-state index contributed by atoms with van der Waals surface area (Å²) in [4.78, 5) is 10.5. The number of amidine groups is 2. The van der Waals surface area contributed by atoms with E-state index < -0.39 is 6.17 Å². The van der Waals surface area contributed by atoms with E-state index in [0.717, 1.165) is 83.1 Å². The highest BCUT2D eigenvalue weighted by Gasteiger charge is 2.26. The number of hydrogen-bond acceptors (Lipinski definition) is 5. The third-order valence-electron chi connectivity index (χ3n) is 11.3. The summed E-state index contributed by atoms with van der Waals surface area (Å²) in [5.74, 6) is 1.37. The molecule has 57 heavy (non-hydrogen) atoms. The third-order valence-corrected chi connectivity index (χ3v) is 11.3. The van der Waals surface area contributed by atoms with Gasteiger partial charge in [-0.25, -0.2) is 9.98 Å². The highest BCUT2D eigenvalue weighted by molar-refractivity contribution is 6.22. The van der Waals surface area contributed by atoms with Crippen molar-refractivity contribution in [1.29, 1.82) is 0 Å². The summed E-state index contributed by atoms with van der Waals surface area (Å²) in [6, 6.07) is 63.3. The highest BCUT2D eigenvalue weighted by atomic mass is 16.3. The predicted molar refractivity (Wildman–Crippen MR) is 233 cm³/mol. The third kappa shape index (κ3) is 4.97. The SMILES string of the molecule is c1ccc(C2=NC(c3cccc4oc5cc(-n6c7ccccc7c7ccc(-c8ccccc8)cc76)ccc5c34)=NC(c3cccc4c3oc3ccccc34)N2)cc1. The first-order valence-electron chi connectivity index (χ1n) is 19.2. The van der Waals surface area contributed by atoms with Crippen molar-refractivity contribution in [3.05, 3.63) is 199 Å². The number of furan rings is 2. The van der Waals surface area contributed by atoms with Crippen LogP contribution in [-0.4, -0.2) is 16.2 Å². The van der Waals surface area contributed by atoms with E-state index in [1.807, 2.05) is 48.5 Å². The maximum atomic E-state index is 6.71. The van der Waals surface area contributed by atoms with Crippen molar-refractivity contribution in [2.45, 2.75) is 6.17 Å². The molecule has 0 amide bonds. The molecular weight excluding hydrogens is 701 g/mol. The van der Waals surface area contributed by atoms with Gasteiger partial charge in [0.05, 0.1) is 11.0 Å². The molecule has 1 unspecified atom stereocenters. The molecule has 0 saturated carbocycles. The van der Waals surface area contributed by atoms with Crippen LogP contribution in [-0.2, 0) is 0 Å². The number of aliphatic imine (C=N–C) groups is 2. The zero-order valence-corrected chi connectivity index (χ0v) is 30.6. The van der Waals surface area contributed by atoms with E-state index in [9.17, 15) is 0 Å². The summed E-state index contributed by atoms with van der Waals surface area (Å²) in [5.41, 5.74) is 11.7. The lowest BCUT2D eigenvalue weighted by Crippen LogP contribution is -2.33. The van der Waals surface area contributed by atoms with E-state index in [4.69, 9.17) is 18.8 Å². The van der Waals surface area contributed by atoms with Crippen molar-refractivity contribution >= 4 is 77.4 Å². The lowest BCUT2D eigenvalue weighted by Gasteiger charge is -2.24. The summed E-state index contributed by atoms with van der Waals surface area (Å²) in [6.45, 7) is 0. The number of aromatic nitrogens is 1. The largest absolute Gasteiger partial charge is 0.456 e. The van der Waals surface area contributed by atoms with Crippen molar-refractivity contribution < 1.29 is 8.83 Å². The van der Waals surface area contributed by atoms with Crippen LogP contribution in [0.5, 0.6) is 0 Å². The van der Waals surface area contributed by atoms with Gasteiger partial charge in [-0.2, -0.15) is 0 Å². The van der Waals surface area contributed by atoms with Gasteiger partial charge < -0.3 is 18.7 Å². The molecule has 3 aromatic heterocycles. The fourth-order valence-electron chi connectivity index (χ4n) is 8.66. The number of nitrogens with zero attached hydrogens (tertiary/aromatic N) is 3. The van der Waals surface area contributed by atoms with Gasteiger partial charge in [0.2, 0.25) is 0 Å². The molecule has 1 aliphatic rings. The van der Waals surface area contributed by atoms with E-state index in [0.29, 0.717) is 5.84 Å². The first-order chi connectivity index (χ1) is 28.2. The van der Waals surface area contributed by atoms with Gasteiger partial charge in [0.15, 0.2) is 12.0 Å². The van der Waals surface area contributed by atoms with Crippen LogP contribution in [0.1, 0.15) is 22.9 Å². The molecule has 0 radical (unpaired) electrons. The fourth-order valence-corrected chi connectivity index (χ4v) is 8.66. The summed E-state index contributed by atoms with van der Waals surface area (Å²) in [5, 5.41) is 10.2. The molecule has 1 aliphatic heterocycles. The van der Waals surface area contributed by atoms with Crippen LogP contribution in [0, 0.1) is 0 Å². The van der Waals surface area contributed by atoms with Crippen molar-refractivity contribution in [2.75, 3.05) is 0 Å². The van der Waals surface area contributed by atoms with Gasteiger partial charge in [-0.15, -0.1) is 0 Å². The monoisotopic (exact) mass is 732 g/mol. The molecule has 12 rings (SSSR count). The van der Waals surface area contributed by atoms with Crippen LogP contribution in [0.2, 0.25) is 0 Å². The Hall–Kier alpha value is -7.70. The fraction of sp³-hybridized carbons (Fsp3) is 0.0196. The smallest absolute Gasteiger partial charge is 0.160 e. The van der Waals surface area contributed by atoms with Gasteiger partial charge in [-0.1, -0.05) is 140 Å². The highest BCUT2D eigenvalue weighted by Crippen LogP contribution is 2.39. The standard InChI is InChI=1S/C51H32N4O2/c1-3-13-31(14-4-1)33-25-27-36-35-17-7-9-22-42(35)55(43(36)29-33)34-26-28-39-46(30-34)56-45-24-12-20-40(47(39)45)50-52-49(32-15-5-2-6-16-32)53-51(54-50)41-21-11-19-38-37-18-8-10-23-44(37)57-48(38)41/h1-30,51H,(H,52,53,54). The minimum absolute atomic E-state index is 0.451. The molecule has 11 aromatic rings. The molecule has 6 nitrogen and oxygen atoms in total. The Morgan fingerprint density at radius 1 is 0.474 bits per heavy atom. The molecular formula is C51H32N4O2. The molecule has 0 saturated heterocycles. The van der Waals surface area contributed by atoms with Crippen molar-refractivity contribution in [3.8, 4) is 16.8 Å². The van der Waals surface area contributed by atoms with E-state index in [-0.39, 0.29) is 0 Å². The molecule has 4 heterocycles. The van der Waals surface area contributed by atoms with Crippen LogP contribution < -0.4 is 5.32 Å². The Bertz CT molecular complexity index is 3440. The van der Waals surface area contributed by atoms with Gasteiger partial charge in [-0.3, -0.25) is 0 Å². The maximum Gasteiger partial charge on any atom is 0.160 e. The topological polar surface area (TPSA) is 68.0 Å². The minimum atomic E-state index is -0.451.